The van der Waals surface area contributed by atoms with Crippen LogP contribution < -0.4 is 5.32 Å². The Balaban J connectivity index is 1.42. The summed E-state index contributed by atoms with van der Waals surface area (Å²) in [6, 6.07) is 19.9. The number of hydrogen-bond donors (Lipinski definition) is 2. The van der Waals surface area contributed by atoms with E-state index in [0.717, 1.165) is 27.4 Å². The smallest absolute Gasteiger partial charge is 0.311 e. The van der Waals surface area contributed by atoms with E-state index in [9.17, 15) is 9.59 Å². The number of esters is 1. The highest BCUT2D eigenvalue weighted by Gasteiger charge is 2.16. The van der Waals surface area contributed by atoms with Gasteiger partial charge in [0.1, 0.15) is 0 Å². The van der Waals surface area contributed by atoms with Crippen molar-refractivity contribution in [3.63, 3.8) is 0 Å². The molecule has 33 heavy (non-hydrogen) atoms. The Morgan fingerprint density at radius 2 is 1.76 bits per heavy atom. The monoisotopic (exact) mass is 478 g/mol. The van der Waals surface area contributed by atoms with Crippen LogP contribution in [0.15, 0.2) is 72.0 Å². The van der Waals surface area contributed by atoms with Gasteiger partial charge < -0.3 is 15.0 Å². The van der Waals surface area contributed by atoms with Crippen LogP contribution >= 0.6 is 23.1 Å². The third kappa shape index (κ3) is 6.09. The summed E-state index contributed by atoms with van der Waals surface area (Å²) < 4.78 is 4.94. The van der Waals surface area contributed by atoms with Crippen LogP contribution in [0, 0.1) is 0 Å². The topological polar surface area (TPSA) is 97.0 Å². The molecule has 0 unspecified atom stereocenters. The van der Waals surface area contributed by atoms with Crippen LogP contribution in [0.25, 0.3) is 22.5 Å². The first-order valence-electron chi connectivity index (χ1n) is 10.4. The number of thiazole rings is 1. The van der Waals surface area contributed by atoms with Crippen LogP contribution in [0.2, 0.25) is 0 Å². The molecule has 2 heterocycles. The van der Waals surface area contributed by atoms with Gasteiger partial charge in [0.05, 0.1) is 30.2 Å². The Kier molecular flexibility index (Phi) is 7.54. The summed E-state index contributed by atoms with van der Waals surface area (Å²) in [7, 11) is 0. The second kappa shape index (κ2) is 10.9. The molecule has 2 aromatic carbocycles. The number of ether oxygens (including phenoxy) is 1. The number of nitrogens with one attached hydrogen (secondary N) is 2. The molecule has 0 aliphatic rings. The molecular formula is C24H22N4O3S2. The van der Waals surface area contributed by atoms with E-state index in [4.69, 9.17) is 9.72 Å². The van der Waals surface area contributed by atoms with Crippen molar-refractivity contribution in [3.8, 4) is 22.5 Å². The lowest BCUT2D eigenvalue weighted by atomic mass is 10.1. The van der Waals surface area contributed by atoms with Gasteiger partial charge in [-0.1, -0.05) is 72.4 Å². The molecule has 0 aliphatic heterocycles. The number of aromatic nitrogens is 3. The van der Waals surface area contributed by atoms with Crippen LogP contribution in [-0.4, -0.2) is 39.2 Å². The number of carbonyl (C=O) groups is 2. The number of H-pyrrole nitrogens is 1. The minimum absolute atomic E-state index is 0.146. The molecule has 0 radical (unpaired) electrons. The van der Waals surface area contributed by atoms with Crippen LogP contribution in [-0.2, 0) is 20.7 Å². The van der Waals surface area contributed by atoms with Gasteiger partial charge in [-0.2, -0.15) is 0 Å². The third-order valence-electron chi connectivity index (χ3n) is 4.56. The number of anilines is 1. The molecule has 0 atom stereocenters. The van der Waals surface area contributed by atoms with Crippen molar-refractivity contribution in [1.29, 1.82) is 0 Å². The molecule has 2 N–H and O–H groups in total. The van der Waals surface area contributed by atoms with E-state index in [1.807, 2.05) is 60.7 Å². The maximum Gasteiger partial charge on any atom is 0.311 e. The van der Waals surface area contributed by atoms with Gasteiger partial charge in [0, 0.05) is 22.2 Å². The molecule has 0 bridgehead atoms. The number of thioether (sulfide) groups is 1. The maximum absolute atomic E-state index is 12.5. The minimum Gasteiger partial charge on any atom is -0.466 e. The van der Waals surface area contributed by atoms with E-state index < -0.39 is 0 Å². The third-order valence-corrected chi connectivity index (χ3v) is 6.34. The summed E-state index contributed by atoms with van der Waals surface area (Å²) in [5.74, 6) is -0.338. The Labute approximate surface area is 199 Å². The normalized spacial score (nSPS) is 10.7. The van der Waals surface area contributed by atoms with Crippen LogP contribution in [0.3, 0.4) is 0 Å². The molecule has 4 rings (SSSR count). The molecular weight excluding hydrogens is 456 g/mol. The first kappa shape index (κ1) is 22.8. The van der Waals surface area contributed by atoms with Crippen molar-refractivity contribution < 1.29 is 14.3 Å². The molecule has 0 saturated carbocycles. The van der Waals surface area contributed by atoms with E-state index in [2.05, 4.69) is 15.3 Å². The quantitative estimate of drug-likeness (QED) is 0.258. The molecule has 1 amide bonds. The number of benzene rings is 2. The van der Waals surface area contributed by atoms with E-state index >= 15 is 0 Å². The summed E-state index contributed by atoms with van der Waals surface area (Å²) in [5.41, 5.74) is 3.78. The fourth-order valence-corrected chi connectivity index (χ4v) is 4.61. The van der Waals surface area contributed by atoms with Crippen molar-refractivity contribution in [2.75, 3.05) is 17.7 Å². The predicted octanol–water partition coefficient (Wildman–Crippen LogP) is 5.04. The SMILES string of the molecule is CCOC(=O)Cc1cnc(NC(=O)CSc2nc(-c3ccccc3)c(-c3ccccc3)[nH]2)s1. The molecule has 9 heteroatoms. The van der Waals surface area contributed by atoms with E-state index in [0.29, 0.717) is 16.9 Å². The molecule has 0 aliphatic carbocycles. The largest absolute Gasteiger partial charge is 0.466 e. The highest BCUT2D eigenvalue weighted by Crippen LogP contribution is 2.32. The number of amides is 1. The van der Waals surface area contributed by atoms with Gasteiger partial charge in [-0.15, -0.1) is 11.3 Å². The van der Waals surface area contributed by atoms with E-state index in [1.165, 1.54) is 23.1 Å². The fourth-order valence-electron chi connectivity index (χ4n) is 3.13. The Bertz CT molecular complexity index is 1170. The zero-order valence-corrected chi connectivity index (χ0v) is 19.5. The predicted molar refractivity (Wildman–Crippen MR) is 131 cm³/mol. The van der Waals surface area contributed by atoms with Crippen LogP contribution in [0.1, 0.15) is 11.8 Å². The van der Waals surface area contributed by atoms with Gasteiger partial charge >= 0.3 is 5.97 Å². The summed E-state index contributed by atoms with van der Waals surface area (Å²) in [6.45, 7) is 2.10. The van der Waals surface area contributed by atoms with Crippen LogP contribution in [0.4, 0.5) is 5.13 Å². The highest BCUT2D eigenvalue weighted by atomic mass is 32.2. The number of nitrogens with zero attached hydrogens (tertiary/aromatic N) is 2. The summed E-state index contributed by atoms with van der Waals surface area (Å²) in [4.78, 5) is 37.1. The van der Waals surface area contributed by atoms with Gasteiger partial charge in [-0.3, -0.25) is 9.59 Å². The van der Waals surface area contributed by atoms with Crippen molar-refractivity contribution in [3.05, 3.63) is 71.7 Å². The van der Waals surface area contributed by atoms with E-state index in [-0.39, 0.29) is 24.1 Å². The molecule has 0 fully saturated rings. The number of imidazole rings is 1. The fraction of sp³-hybridized carbons (Fsp3) is 0.167. The lowest BCUT2D eigenvalue weighted by molar-refractivity contribution is -0.142. The second-order valence-corrected chi connectivity index (χ2v) is 9.03. The summed E-state index contributed by atoms with van der Waals surface area (Å²) >= 11 is 2.58. The minimum atomic E-state index is -0.309. The average Bonchev–Trinajstić information content (AvgIpc) is 3.46. The van der Waals surface area contributed by atoms with Crippen molar-refractivity contribution in [2.45, 2.75) is 18.5 Å². The second-order valence-electron chi connectivity index (χ2n) is 6.95. The molecule has 0 saturated heterocycles. The Hall–Kier alpha value is -3.43. The van der Waals surface area contributed by atoms with Gasteiger partial charge in [-0.05, 0) is 6.92 Å². The lowest BCUT2D eigenvalue weighted by Crippen LogP contribution is -2.13. The van der Waals surface area contributed by atoms with Gasteiger partial charge in [0.15, 0.2) is 10.3 Å². The zero-order chi connectivity index (χ0) is 23.0. The molecule has 168 valence electrons. The number of rotatable bonds is 9. The maximum atomic E-state index is 12.5. The zero-order valence-electron chi connectivity index (χ0n) is 17.9. The standard InChI is InChI=1S/C24H22N4O3S2/c1-2-31-20(30)13-18-14-25-23(33-18)26-19(29)15-32-24-27-21(16-9-5-3-6-10-16)22(28-24)17-11-7-4-8-12-17/h3-12,14H,2,13,15H2,1H3,(H,27,28)(H,25,26,29). The van der Waals surface area contributed by atoms with Gasteiger partial charge in [0.2, 0.25) is 5.91 Å². The number of carbonyl (C=O) groups excluding carboxylic acids is 2. The first-order chi connectivity index (χ1) is 16.1. The van der Waals surface area contributed by atoms with Crippen molar-refractivity contribution in [1.82, 2.24) is 15.0 Å². The highest BCUT2D eigenvalue weighted by molar-refractivity contribution is 7.99. The molecule has 0 spiro atoms. The molecule has 4 aromatic rings. The van der Waals surface area contributed by atoms with Gasteiger partial charge in [-0.25, -0.2) is 9.97 Å². The molecule has 2 aromatic heterocycles. The number of hydrogen-bond acceptors (Lipinski definition) is 7. The van der Waals surface area contributed by atoms with Crippen LogP contribution in [0.5, 0.6) is 0 Å². The van der Waals surface area contributed by atoms with E-state index in [1.54, 1.807) is 13.1 Å². The van der Waals surface area contributed by atoms with Crippen molar-refractivity contribution in [2.24, 2.45) is 0 Å². The average molecular weight is 479 g/mol. The number of aromatic amines is 1. The first-order valence-corrected chi connectivity index (χ1v) is 12.2. The van der Waals surface area contributed by atoms with Crippen molar-refractivity contribution >= 4 is 40.1 Å². The molecule has 7 nitrogen and oxygen atoms in total. The van der Waals surface area contributed by atoms with Gasteiger partial charge in [0.25, 0.3) is 0 Å². The Morgan fingerprint density at radius 1 is 1.06 bits per heavy atom. The summed E-state index contributed by atoms with van der Waals surface area (Å²) in [6.07, 6.45) is 1.72. The lowest BCUT2D eigenvalue weighted by Gasteiger charge is -2.02. The summed E-state index contributed by atoms with van der Waals surface area (Å²) in [5, 5.41) is 3.89. The Morgan fingerprint density at radius 3 is 2.45 bits per heavy atom.